The summed E-state index contributed by atoms with van der Waals surface area (Å²) >= 11 is 0. The number of Topliss-reactive ketones (excluding diaryl/α,β-unsaturated/α-hetero) is 1. The molecular weight excluding hydrogens is 311 g/mol. The normalized spacial score (nSPS) is 39.9. The molecule has 0 heterocycles. The first-order chi connectivity index (χ1) is 9.54. The summed E-state index contributed by atoms with van der Waals surface area (Å²) in [6.45, 7) is 0. The molecule has 4 rings (SSSR count). The van der Waals surface area contributed by atoms with Crippen molar-refractivity contribution < 1.29 is 31.5 Å². The molecule has 9 heteroatoms. The number of carbonyl (C=O) groups excluding carboxylic acids is 1. The summed E-state index contributed by atoms with van der Waals surface area (Å²) in [6, 6.07) is 0. The molecule has 0 aliphatic heterocycles. The number of hydrogen-bond donors (Lipinski definition) is 0. The van der Waals surface area contributed by atoms with Crippen LogP contribution in [-0.4, -0.2) is 25.6 Å². The molecule has 21 heavy (non-hydrogen) atoms. The lowest BCUT2D eigenvalue weighted by atomic mass is 9.49. The van der Waals surface area contributed by atoms with Crippen LogP contribution in [0.4, 0.5) is 13.2 Å². The van der Waals surface area contributed by atoms with E-state index in [-0.39, 0.29) is 36.4 Å². The Morgan fingerprint density at radius 1 is 1.19 bits per heavy atom. The summed E-state index contributed by atoms with van der Waals surface area (Å²) in [5.41, 5.74) is -6.76. The van der Waals surface area contributed by atoms with E-state index in [1.54, 1.807) is 0 Å². The molecule has 4 saturated carbocycles. The van der Waals surface area contributed by atoms with Crippen molar-refractivity contribution in [2.75, 3.05) is 0 Å². The van der Waals surface area contributed by atoms with E-state index in [0.29, 0.717) is 19.3 Å². The average molecular weight is 324 g/mol. The minimum Gasteiger partial charge on any atom is -0.861 e. The fourth-order valence-corrected chi connectivity index (χ4v) is 4.78. The van der Waals surface area contributed by atoms with Crippen molar-refractivity contribution in [3.05, 3.63) is 0 Å². The second-order valence-corrected chi connectivity index (χ2v) is 7.94. The lowest BCUT2D eigenvalue weighted by Crippen LogP contribution is -2.57. The van der Waals surface area contributed by atoms with Crippen molar-refractivity contribution >= 4 is 21.7 Å². The maximum atomic E-state index is 12.3. The number of ketones is 1. The predicted octanol–water partition coefficient (Wildman–Crippen LogP) is 0.990. The highest BCUT2D eigenvalue weighted by Gasteiger charge is 2.56. The standard InChI is InChI=1S/C12H14F3NO4S/c13-12(14,15)21(19,20)16-10(18)11-3-6-1-7(4-11)9(17)8(2-6)5-11/h6-8H,1-5H2,(H,16,18)/p-1. The van der Waals surface area contributed by atoms with Gasteiger partial charge in [-0.3, -0.25) is 4.79 Å². The van der Waals surface area contributed by atoms with Crippen LogP contribution in [-0.2, 0) is 14.8 Å². The second kappa shape index (κ2) is 4.21. The number of hydrogen-bond acceptors (Lipinski definition) is 4. The number of sulfonamides is 1. The van der Waals surface area contributed by atoms with Crippen LogP contribution in [0.1, 0.15) is 32.1 Å². The highest BCUT2D eigenvalue weighted by molar-refractivity contribution is 7.91. The topological polar surface area (TPSA) is 86.6 Å². The summed E-state index contributed by atoms with van der Waals surface area (Å²) < 4.78 is 61.6. The number of nitrogens with zero attached hydrogens (tertiary/aromatic N) is 1. The molecule has 4 fully saturated rings. The van der Waals surface area contributed by atoms with E-state index >= 15 is 0 Å². The van der Waals surface area contributed by atoms with Gasteiger partial charge in [0.15, 0.2) is 0 Å². The summed E-state index contributed by atoms with van der Waals surface area (Å²) in [6.07, 6.45) is 1.90. The molecule has 0 N–H and O–H groups in total. The Balaban J connectivity index is 1.96. The summed E-state index contributed by atoms with van der Waals surface area (Å²) in [5, 5.41) is 12.1. The van der Waals surface area contributed by atoms with Gasteiger partial charge < -0.3 is 5.11 Å². The molecule has 118 valence electrons. The smallest absolute Gasteiger partial charge is 0.518 e. The van der Waals surface area contributed by atoms with Gasteiger partial charge in [0, 0.05) is 17.3 Å². The number of alkyl halides is 3. The number of carbonyl (C=O) groups is 1. The largest absolute Gasteiger partial charge is 0.861 e. The van der Waals surface area contributed by atoms with Crippen LogP contribution in [0.5, 0.6) is 0 Å². The summed E-state index contributed by atoms with van der Waals surface area (Å²) in [4.78, 5) is 11.9. The van der Waals surface area contributed by atoms with E-state index in [1.165, 1.54) is 0 Å². The van der Waals surface area contributed by atoms with E-state index in [4.69, 9.17) is 0 Å². The Bertz CT molecular complexity index is 607. The Morgan fingerprint density at radius 2 is 1.71 bits per heavy atom. The van der Waals surface area contributed by atoms with Crippen LogP contribution < -0.4 is 5.11 Å². The zero-order valence-electron chi connectivity index (χ0n) is 10.9. The van der Waals surface area contributed by atoms with E-state index in [0.717, 1.165) is 0 Å². The van der Waals surface area contributed by atoms with Crippen molar-refractivity contribution in [3.8, 4) is 0 Å². The Labute approximate surface area is 119 Å². The van der Waals surface area contributed by atoms with Gasteiger partial charge in [0.1, 0.15) is 5.78 Å². The minimum absolute atomic E-state index is 0.0630. The molecule has 0 spiro atoms. The third-order valence-corrected chi connectivity index (χ3v) is 5.93. The molecule has 0 aromatic heterocycles. The van der Waals surface area contributed by atoms with Crippen molar-refractivity contribution in [1.82, 2.24) is 0 Å². The van der Waals surface area contributed by atoms with E-state index in [1.807, 2.05) is 0 Å². The van der Waals surface area contributed by atoms with Crippen LogP contribution >= 0.6 is 0 Å². The Morgan fingerprint density at radius 3 is 2.19 bits per heavy atom. The van der Waals surface area contributed by atoms with Gasteiger partial charge in [-0.2, -0.15) is 26.0 Å². The number of rotatable bonds is 2. The maximum absolute atomic E-state index is 12.3. The molecule has 0 amide bonds. The molecule has 4 aliphatic rings. The first-order valence-electron chi connectivity index (χ1n) is 6.66. The Hall–Kier alpha value is -1.12. The van der Waals surface area contributed by atoms with Gasteiger partial charge in [-0.15, -0.1) is 0 Å². The molecule has 4 bridgehead atoms. The highest BCUT2D eigenvalue weighted by atomic mass is 32.2. The van der Waals surface area contributed by atoms with Gasteiger partial charge in [0.25, 0.3) is 0 Å². The van der Waals surface area contributed by atoms with Crippen molar-refractivity contribution in [2.24, 2.45) is 27.6 Å². The Kier molecular flexibility index (Phi) is 2.96. The zero-order valence-corrected chi connectivity index (χ0v) is 11.7. The van der Waals surface area contributed by atoms with Crippen LogP contribution in [0.3, 0.4) is 0 Å². The van der Waals surface area contributed by atoms with Crippen molar-refractivity contribution in [2.45, 2.75) is 37.6 Å². The fraction of sp³-hybridized carbons (Fsp3) is 0.833. The predicted molar refractivity (Wildman–Crippen MR) is 63.4 cm³/mol. The quantitative estimate of drug-likeness (QED) is 0.560. The highest BCUT2D eigenvalue weighted by Crippen LogP contribution is 2.58. The molecule has 0 aromatic rings. The SMILES string of the molecule is O=C1C2CC3CC1CC(/C([O-])=N/S(=O)(=O)C(F)(F)F)(C3)C2. The van der Waals surface area contributed by atoms with Crippen molar-refractivity contribution in [1.29, 1.82) is 0 Å². The van der Waals surface area contributed by atoms with E-state index in [2.05, 4.69) is 4.40 Å². The van der Waals surface area contributed by atoms with E-state index in [9.17, 15) is 31.5 Å². The van der Waals surface area contributed by atoms with Gasteiger partial charge in [0.05, 0.1) is 0 Å². The molecule has 2 atom stereocenters. The zero-order chi connectivity index (χ0) is 15.6. The van der Waals surface area contributed by atoms with Crippen LogP contribution in [0.2, 0.25) is 0 Å². The van der Waals surface area contributed by atoms with Gasteiger partial charge in [-0.1, -0.05) is 0 Å². The molecule has 4 aliphatic carbocycles. The van der Waals surface area contributed by atoms with Gasteiger partial charge in [0.2, 0.25) is 0 Å². The van der Waals surface area contributed by atoms with Crippen LogP contribution in [0.25, 0.3) is 0 Å². The molecule has 2 unspecified atom stereocenters. The lowest BCUT2D eigenvalue weighted by molar-refractivity contribution is -0.239. The number of halogens is 3. The van der Waals surface area contributed by atoms with Gasteiger partial charge in [-0.05, 0) is 43.9 Å². The molecule has 5 nitrogen and oxygen atoms in total. The average Bonchev–Trinajstić information content (AvgIpc) is 2.32. The van der Waals surface area contributed by atoms with Gasteiger partial charge in [-0.25, -0.2) is 0 Å². The van der Waals surface area contributed by atoms with Gasteiger partial charge >= 0.3 is 15.5 Å². The first-order valence-corrected chi connectivity index (χ1v) is 8.10. The lowest BCUT2D eigenvalue weighted by Gasteiger charge is -2.57. The third kappa shape index (κ3) is 2.16. The second-order valence-electron chi connectivity index (χ2n) is 6.34. The maximum Gasteiger partial charge on any atom is 0.518 e. The molecular formula is C12H13F3NO4S-. The summed E-state index contributed by atoms with van der Waals surface area (Å²) in [7, 11) is -5.81. The van der Waals surface area contributed by atoms with Crippen molar-refractivity contribution in [3.63, 3.8) is 0 Å². The van der Waals surface area contributed by atoms with Crippen LogP contribution in [0.15, 0.2) is 4.40 Å². The minimum atomic E-state index is -5.81. The molecule has 0 aromatic carbocycles. The molecule has 0 radical (unpaired) electrons. The monoisotopic (exact) mass is 324 g/mol. The molecule has 0 saturated heterocycles. The van der Waals surface area contributed by atoms with E-state index < -0.39 is 26.8 Å². The summed E-state index contributed by atoms with van der Waals surface area (Å²) in [5.74, 6) is -1.72. The fourth-order valence-electron chi connectivity index (χ4n) is 4.27. The van der Waals surface area contributed by atoms with Crippen LogP contribution in [0, 0.1) is 23.2 Å². The first kappa shape index (κ1) is 14.8. The third-order valence-electron chi connectivity index (χ3n) is 4.94.